The van der Waals surface area contributed by atoms with E-state index >= 15 is 0 Å². The lowest BCUT2D eigenvalue weighted by molar-refractivity contribution is -0.122. The van der Waals surface area contributed by atoms with Crippen molar-refractivity contribution in [1.82, 2.24) is 10.2 Å². The topological polar surface area (TPSA) is 69.7 Å². The van der Waals surface area contributed by atoms with E-state index in [0.717, 1.165) is 42.6 Å². The summed E-state index contributed by atoms with van der Waals surface area (Å²) in [5.41, 5.74) is 4.68. The Morgan fingerprint density at radius 2 is 1.65 bits per heavy atom. The van der Waals surface area contributed by atoms with Crippen LogP contribution in [0.3, 0.4) is 0 Å². The fraction of sp³-hybridized carbons (Fsp3) is 0.458. The molecule has 0 spiro atoms. The average molecular weight is 444 g/mol. The molecule has 6 nitrogen and oxygen atoms in total. The number of benzene rings is 2. The lowest BCUT2D eigenvalue weighted by Gasteiger charge is -2.29. The SMILES string of the molecule is Cc1cc(C)cc(N(C(C)C(=O)NCc2ccccc2CN2CCCC2)S(C)(=O)=O)c1. The van der Waals surface area contributed by atoms with Crippen LogP contribution >= 0.6 is 0 Å². The van der Waals surface area contributed by atoms with E-state index in [1.54, 1.807) is 19.1 Å². The van der Waals surface area contributed by atoms with Crippen molar-refractivity contribution in [3.05, 3.63) is 64.7 Å². The van der Waals surface area contributed by atoms with Gasteiger partial charge < -0.3 is 5.32 Å². The van der Waals surface area contributed by atoms with E-state index < -0.39 is 16.1 Å². The van der Waals surface area contributed by atoms with Crippen molar-refractivity contribution in [1.29, 1.82) is 0 Å². The van der Waals surface area contributed by atoms with E-state index in [0.29, 0.717) is 12.2 Å². The summed E-state index contributed by atoms with van der Waals surface area (Å²) in [6, 6.07) is 12.8. The predicted octanol–water partition coefficient (Wildman–Crippen LogP) is 3.37. The van der Waals surface area contributed by atoms with Gasteiger partial charge in [0.25, 0.3) is 0 Å². The van der Waals surface area contributed by atoms with E-state index in [4.69, 9.17) is 0 Å². The van der Waals surface area contributed by atoms with Crippen molar-refractivity contribution in [2.75, 3.05) is 23.7 Å². The van der Waals surface area contributed by atoms with Gasteiger partial charge in [-0.15, -0.1) is 0 Å². The van der Waals surface area contributed by atoms with Crippen molar-refractivity contribution in [2.45, 2.75) is 52.7 Å². The van der Waals surface area contributed by atoms with Crippen LogP contribution in [0.1, 0.15) is 42.0 Å². The molecule has 0 bridgehead atoms. The van der Waals surface area contributed by atoms with Crippen molar-refractivity contribution in [3.63, 3.8) is 0 Å². The van der Waals surface area contributed by atoms with Crippen molar-refractivity contribution < 1.29 is 13.2 Å². The first-order valence-corrected chi connectivity index (χ1v) is 12.6. The first-order valence-electron chi connectivity index (χ1n) is 10.8. The molecular formula is C24H33N3O3S. The number of amides is 1. The van der Waals surface area contributed by atoms with Crippen LogP contribution in [0.5, 0.6) is 0 Å². The fourth-order valence-electron chi connectivity index (χ4n) is 4.28. The van der Waals surface area contributed by atoms with Gasteiger partial charge in [-0.05, 0) is 81.1 Å². The normalized spacial score (nSPS) is 15.6. The molecule has 0 radical (unpaired) electrons. The van der Waals surface area contributed by atoms with Gasteiger partial charge in [0.1, 0.15) is 6.04 Å². The molecule has 1 fully saturated rings. The van der Waals surface area contributed by atoms with Gasteiger partial charge >= 0.3 is 0 Å². The molecule has 1 aliphatic rings. The Morgan fingerprint density at radius 1 is 1.06 bits per heavy atom. The summed E-state index contributed by atoms with van der Waals surface area (Å²) in [4.78, 5) is 15.4. The maximum atomic E-state index is 13.0. The van der Waals surface area contributed by atoms with Crippen LogP contribution in [-0.2, 0) is 27.9 Å². The number of aryl methyl sites for hydroxylation is 2. The number of hydrogen-bond acceptors (Lipinski definition) is 4. The summed E-state index contributed by atoms with van der Waals surface area (Å²) < 4.78 is 26.3. The highest BCUT2D eigenvalue weighted by atomic mass is 32.2. The van der Waals surface area contributed by atoms with Crippen molar-refractivity contribution in [2.24, 2.45) is 0 Å². The van der Waals surface area contributed by atoms with Crippen LogP contribution in [0.2, 0.25) is 0 Å². The van der Waals surface area contributed by atoms with E-state index in [1.165, 1.54) is 22.7 Å². The lowest BCUT2D eigenvalue weighted by Crippen LogP contribution is -2.47. The number of anilines is 1. The molecule has 0 saturated carbocycles. The Labute approximate surface area is 186 Å². The van der Waals surface area contributed by atoms with E-state index in [9.17, 15) is 13.2 Å². The minimum atomic E-state index is -3.64. The third kappa shape index (κ3) is 6.08. The number of rotatable bonds is 8. The molecule has 1 atom stereocenters. The number of carbonyl (C=O) groups excluding carboxylic acids is 1. The number of hydrogen-bond donors (Lipinski definition) is 1. The molecule has 3 rings (SSSR count). The second kappa shape index (κ2) is 9.83. The van der Waals surface area contributed by atoms with Gasteiger partial charge in [-0.2, -0.15) is 0 Å². The summed E-state index contributed by atoms with van der Waals surface area (Å²) in [6.45, 7) is 8.92. The lowest BCUT2D eigenvalue weighted by atomic mass is 10.1. The zero-order valence-corrected chi connectivity index (χ0v) is 19.7. The number of nitrogens with zero attached hydrogens (tertiary/aromatic N) is 2. The molecule has 168 valence electrons. The molecule has 1 unspecified atom stereocenters. The highest BCUT2D eigenvalue weighted by Gasteiger charge is 2.29. The van der Waals surface area contributed by atoms with Crippen LogP contribution in [0.25, 0.3) is 0 Å². The molecule has 1 heterocycles. The zero-order chi connectivity index (χ0) is 22.6. The molecule has 1 amide bonds. The summed E-state index contributed by atoms with van der Waals surface area (Å²) in [5, 5.41) is 2.95. The first-order chi connectivity index (χ1) is 14.6. The Morgan fingerprint density at radius 3 is 2.23 bits per heavy atom. The monoisotopic (exact) mass is 443 g/mol. The van der Waals surface area contributed by atoms with Gasteiger partial charge in [0, 0.05) is 13.1 Å². The largest absolute Gasteiger partial charge is 0.350 e. The predicted molar refractivity (Wildman–Crippen MR) is 126 cm³/mol. The quantitative estimate of drug-likeness (QED) is 0.679. The Balaban J connectivity index is 1.74. The Kier molecular flexibility index (Phi) is 7.38. The maximum Gasteiger partial charge on any atom is 0.243 e. The maximum absolute atomic E-state index is 13.0. The molecule has 1 aliphatic heterocycles. The second-order valence-electron chi connectivity index (χ2n) is 8.55. The van der Waals surface area contributed by atoms with Gasteiger partial charge in [0.05, 0.1) is 11.9 Å². The minimum Gasteiger partial charge on any atom is -0.350 e. The van der Waals surface area contributed by atoms with Crippen LogP contribution in [0, 0.1) is 13.8 Å². The van der Waals surface area contributed by atoms with E-state index in [-0.39, 0.29) is 5.91 Å². The summed E-state index contributed by atoms with van der Waals surface area (Å²) in [6.07, 6.45) is 3.60. The van der Waals surface area contributed by atoms with Gasteiger partial charge in [0.2, 0.25) is 15.9 Å². The molecule has 0 aliphatic carbocycles. The van der Waals surface area contributed by atoms with Gasteiger partial charge in [-0.3, -0.25) is 14.0 Å². The molecule has 1 N–H and O–H groups in total. The highest BCUT2D eigenvalue weighted by Crippen LogP contribution is 2.24. The second-order valence-corrected chi connectivity index (χ2v) is 10.4. The first kappa shape index (κ1) is 23.3. The van der Waals surface area contributed by atoms with Gasteiger partial charge in [0.15, 0.2) is 0 Å². The molecule has 2 aromatic rings. The van der Waals surface area contributed by atoms with E-state index in [2.05, 4.69) is 16.3 Å². The zero-order valence-electron chi connectivity index (χ0n) is 18.9. The van der Waals surface area contributed by atoms with E-state index in [1.807, 2.05) is 38.1 Å². The number of carbonyl (C=O) groups is 1. The van der Waals surface area contributed by atoms with Crippen molar-refractivity contribution in [3.8, 4) is 0 Å². The molecular weight excluding hydrogens is 410 g/mol. The molecule has 0 aromatic heterocycles. The third-order valence-electron chi connectivity index (χ3n) is 5.71. The molecule has 7 heteroatoms. The third-order valence-corrected chi connectivity index (χ3v) is 6.96. The van der Waals surface area contributed by atoms with Gasteiger partial charge in [-0.1, -0.05) is 30.3 Å². The Bertz CT molecular complexity index is 1010. The molecule has 31 heavy (non-hydrogen) atoms. The molecule has 1 saturated heterocycles. The highest BCUT2D eigenvalue weighted by molar-refractivity contribution is 7.92. The number of likely N-dealkylation sites (tertiary alicyclic amines) is 1. The number of sulfonamides is 1. The summed E-state index contributed by atoms with van der Waals surface area (Å²) in [5.74, 6) is -0.319. The van der Waals surface area contributed by atoms with Crippen LogP contribution in [0.15, 0.2) is 42.5 Å². The van der Waals surface area contributed by atoms with Crippen LogP contribution < -0.4 is 9.62 Å². The minimum absolute atomic E-state index is 0.319. The van der Waals surface area contributed by atoms with Crippen molar-refractivity contribution >= 4 is 21.6 Å². The standard InChI is InChI=1S/C24H33N3O3S/c1-18-13-19(2)15-23(14-18)27(31(4,29)30)20(3)24(28)25-16-21-9-5-6-10-22(21)17-26-11-7-8-12-26/h5-6,9-10,13-15,20H,7-8,11-12,16-17H2,1-4H3,(H,25,28). The summed E-state index contributed by atoms with van der Waals surface area (Å²) in [7, 11) is -3.64. The number of nitrogens with one attached hydrogen (secondary N) is 1. The smallest absolute Gasteiger partial charge is 0.243 e. The summed E-state index contributed by atoms with van der Waals surface area (Å²) >= 11 is 0. The molecule has 2 aromatic carbocycles. The van der Waals surface area contributed by atoms with Gasteiger partial charge in [-0.25, -0.2) is 8.42 Å². The van der Waals surface area contributed by atoms with Crippen LogP contribution in [-0.4, -0.2) is 44.6 Å². The fourth-order valence-corrected chi connectivity index (χ4v) is 5.44. The van der Waals surface area contributed by atoms with Crippen LogP contribution in [0.4, 0.5) is 5.69 Å². The average Bonchev–Trinajstić information content (AvgIpc) is 3.18. The Hall–Kier alpha value is -2.38.